The minimum absolute atomic E-state index is 0.385. The summed E-state index contributed by atoms with van der Waals surface area (Å²) in [5.41, 5.74) is 1.22. The number of aromatic carboxylic acids is 1. The number of carboxylic acids is 1. The lowest BCUT2D eigenvalue weighted by atomic mass is 10.1. The smallest absolute Gasteiger partial charge is 0.337 e. The average molecular weight is 287 g/mol. The topological polar surface area (TPSA) is 48.7 Å². The van der Waals surface area contributed by atoms with Crippen LogP contribution in [0.15, 0.2) is 30.5 Å². The fourth-order valence-electron chi connectivity index (χ4n) is 2.94. The zero-order chi connectivity index (χ0) is 14.8. The maximum atomic E-state index is 11.4. The number of benzene rings is 1. The van der Waals surface area contributed by atoms with Crippen molar-refractivity contribution in [1.82, 2.24) is 14.4 Å². The predicted octanol–water partition coefficient (Wildman–Crippen LogP) is 1.59. The monoisotopic (exact) mass is 287 g/mol. The fraction of sp³-hybridized carbons (Fsp3) is 0.438. The molecule has 1 N–H and O–H groups in total. The van der Waals surface area contributed by atoms with Gasteiger partial charge in [0.05, 0.1) is 11.1 Å². The fourth-order valence-corrected chi connectivity index (χ4v) is 2.94. The van der Waals surface area contributed by atoms with Crippen LogP contribution in [0.4, 0.5) is 0 Å². The Morgan fingerprint density at radius 1 is 1.14 bits per heavy atom. The molecule has 5 nitrogen and oxygen atoms in total. The van der Waals surface area contributed by atoms with Gasteiger partial charge in [-0.3, -0.25) is 4.90 Å². The lowest BCUT2D eigenvalue weighted by Gasteiger charge is -2.32. The van der Waals surface area contributed by atoms with E-state index in [1.165, 1.54) is 0 Å². The molecule has 1 fully saturated rings. The summed E-state index contributed by atoms with van der Waals surface area (Å²) in [5.74, 6) is -0.861. The molecule has 1 aliphatic heterocycles. The first-order valence-corrected chi connectivity index (χ1v) is 7.37. The number of rotatable bonds is 4. The van der Waals surface area contributed by atoms with Crippen LogP contribution in [0.1, 0.15) is 10.4 Å². The molecular formula is C16H21N3O2. The van der Waals surface area contributed by atoms with E-state index in [0.29, 0.717) is 5.56 Å². The average Bonchev–Trinajstić information content (AvgIpc) is 2.90. The number of fused-ring (bicyclic) bond motifs is 1. The van der Waals surface area contributed by atoms with Gasteiger partial charge < -0.3 is 14.6 Å². The number of para-hydroxylation sites is 1. The summed E-state index contributed by atoms with van der Waals surface area (Å²) in [6.45, 7) is 6.17. The van der Waals surface area contributed by atoms with Crippen LogP contribution >= 0.6 is 0 Å². The zero-order valence-corrected chi connectivity index (χ0v) is 12.3. The molecule has 0 atom stereocenters. The van der Waals surface area contributed by atoms with E-state index in [-0.39, 0.29) is 0 Å². The Labute approximate surface area is 124 Å². The van der Waals surface area contributed by atoms with Gasteiger partial charge in [-0.05, 0) is 19.2 Å². The van der Waals surface area contributed by atoms with Crippen LogP contribution in [0, 0.1) is 0 Å². The lowest BCUT2D eigenvalue weighted by molar-refractivity contribution is 0.0698. The molecule has 21 heavy (non-hydrogen) atoms. The number of likely N-dealkylation sites (N-methyl/N-ethyl adjacent to an activating group) is 1. The molecule has 1 aromatic heterocycles. The second kappa shape index (κ2) is 5.87. The van der Waals surface area contributed by atoms with E-state index >= 15 is 0 Å². The Bertz CT molecular complexity index is 642. The SMILES string of the molecule is CN1CCN(CCn2ccc3cccc(C(=O)O)c32)CC1. The van der Waals surface area contributed by atoms with Crippen LogP contribution in [-0.2, 0) is 6.54 Å². The predicted molar refractivity (Wildman–Crippen MR) is 82.8 cm³/mol. The van der Waals surface area contributed by atoms with Gasteiger partial charge in [-0.25, -0.2) is 4.79 Å². The van der Waals surface area contributed by atoms with Crippen LogP contribution in [0.2, 0.25) is 0 Å². The quantitative estimate of drug-likeness (QED) is 0.927. The van der Waals surface area contributed by atoms with E-state index < -0.39 is 5.97 Å². The Hall–Kier alpha value is -1.85. The maximum Gasteiger partial charge on any atom is 0.337 e. The first-order valence-electron chi connectivity index (χ1n) is 7.37. The van der Waals surface area contributed by atoms with Gasteiger partial charge in [0.1, 0.15) is 0 Å². The molecule has 0 spiro atoms. The number of carboxylic acid groups (broad SMARTS) is 1. The molecule has 0 unspecified atom stereocenters. The van der Waals surface area contributed by atoms with Gasteiger partial charge in [0.15, 0.2) is 0 Å². The molecule has 5 heteroatoms. The largest absolute Gasteiger partial charge is 0.478 e. The molecule has 0 bridgehead atoms. The maximum absolute atomic E-state index is 11.4. The van der Waals surface area contributed by atoms with Crippen molar-refractivity contribution in [2.45, 2.75) is 6.54 Å². The number of nitrogens with zero attached hydrogens (tertiary/aromatic N) is 3. The van der Waals surface area contributed by atoms with Crippen molar-refractivity contribution >= 4 is 16.9 Å². The number of aromatic nitrogens is 1. The van der Waals surface area contributed by atoms with Crippen molar-refractivity contribution in [3.05, 3.63) is 36.0 Å². The van der Waals surface area contributed by atoms with Crippen molar-refractivity contribution in [2.24, 2.45) is 0 Å². The molecule has 1 aromatic carbocycles. The van der Waals surface area contributed by atoms with E-state index in [2.05, 4.69) is 21.4 Å². The number of hydrogen-bond acceptors (Lipinski definition) is 3. The van der Waals surface area contributed by atoms with Gasteiger partial charge in [0, 0.05) is 50.9 Å². The van der Waals surface area contributed by atoms with Crippen LogP contribution in [-0.4, -0.2) is 65.2 Å². The summed E-state index contributed by atoms with van der Waals surface area (Å²) in [4.78, 5) is 16.2. The minimum atomic E-state index is -0.861. The van der Waals surface area contributed by atoms with Crippen molar-refractivity contribution in [2.75, 3.05) is 39.8 Å². The van der Waals surface area contributed by atoms with Gasteiger partial charge in [0.25, 0.3) is 0 Å². The first kappa shape index (κ1) is 14.1. The normalized spacial score (nSPS) is 17.4. The third-order valence-electron chi connectivity index (χ3n) is 4.27. The highest BCUT2D eigenvalue weighted by molar-refractivity contribution is 6.02. The Morgan fingerprint density at radius 3 is 2.62 bits per heavy atom. The summed E-state index contributed by atoms with van der Waals surface area (Å²) in [5, 5.41) is 10.3. The molecule has 2 heterocycles. The molecule has 1 saturated heterocycles. The molecular weight excluding hydrogens is 266 g/mol. The number of hydrogen-bond donors (Lipinski definition) is 1. The molecule has 1 aliphatic rings. The summed E-state index contributed by atoms with van der Waals surface area (Å²) >= 11 is 0. The van der Waals surface area contributed by atoms with Crippen LogP contribution in [0.3, 0.4) is 0 Å². The van der Waals surface area contributed by atoms with E-state index in [1.54, 1.807) is 12.1 Å². The highest BCUT2D eigenvalue weighted by atomic mass is 16.4. The second-order valence-corrected chi connectivity index (χ2v) is 5.70. The highest BCUT2D eigenvalue weighted by Gasteiger charge is 2.15. The van der Waals surface area contributed by atoms with Crippen LogP contribution in [0.25, 0.3) is 10.9 Å². The second-order valence-electron chi connectivity index (χ2n) is 5.70. The molecule has 0 saturated carbocycles. The molecule has 112 valence electrons. The molecule has 3 rings (SSSR count). The van der Waals surface area contributed by atoms with Crippen molar-refractivity contribution in [3.8, 4) is 0 Å². The van der Waals surface area contributed by atoms with Gasteiger partial charge in [-0.15, -0.1) is 0 Å². The summed E-state index contributed by atoms with van der Waals surface area (Å²) in [6.07, 6.45) is 1.99. The molecule has 0 aliphatic carbocycles. The first-order chi connectivity index (χ1) is 10.1. The summed E-state index contributed by atoms with van der Waals surface area (Å²) in [6, 6.07) is 7.44. The van der Waals surface area contributed by atoms with Crippen LogP contribution < -0.4 is 0 Å². The zero-order valence-electron chi connectivity index (χ0n) is 12.3. The van der Waals surface area contributed by atoms with E-state index in [9.17, 15) is 9.90 Å². The third kappa shape index (κ3) is 2.94. The van der Waals surface area contributed by atoms with Crippen molar-refractivity contribution in [1.29, 1.82) is 0 Å². The standard InChI is InChI=1S/C16H21N3O2/c1-17-7-9-18(10-8-17)11-12-19-6-5-13-3-2-4-14(15(13)19)16(20)21/h2-6H,7-12H2,1H3,(H,20,21). The van der Waals surface area contributed by atoms with Gasteiger partial charge in [-0.2, -0.15) is 0 Å². The summed E-state index contributed by atoms with van der Waals surface area (Å²) in [7, 11) is 2.15. The van der Waals surface area contributed by atoms with Gasteiger partial charge in [0.2, 0.25) is 0 Å². The minimum Gasteiger partial charge on any atom is -0.478 e. The van der Waals surface area contributed by atoms with E-state index in [1.807, 2.05) is 18.3 Å². The van der Waals surface area contributed by atoms with E-state index in [4.69, 9.17) is 0 Å². The Kier molecular flexibility index (Phi) is 3.94. The van der Waals surface area contributed by atoms with Crippen molar-refractivity contribution < 1.29 is 9.90 Å². The molecule has 0 radical (unpaired) electrons. The van der Waals surface area contributed by atoms with Gasteiger partial charge >= 0.3 is 5.97 Å². The van der Waals surface area contributed by atoms with Crippen LogP contribution in [0.5, 0.6) is 0 Å². The highest BCUT2D eigenvalue weighted by Crippen LogP contribution is 2.20. The Morgan fingerprint density at radius 2 is 1.90 bits per heavy atom. The number of carbonyl (C=O) groups is 1. The summed E-state index contributed by atoms with van der Waals surface area (Å²) < 4.78 is 2.07. The Balaban J connectivity index is 1.76. The molecule has 2 aromatic rings. The van der Waals surface area contributed by atoms with Crippen molar-refractivity contribution in [3.63, 3.8) is 0 Å². The van der Waals surface area contributed by atoms with Gasteiger partial charge in [-0.1, -0.05) is 12.1 Å². The third-order valence-corrected chi connectivity index (χ3v) is 4.27. The number of piperazine rings is 1. The molecule has 0 amide bonds. The van der Waals surface area contributed by atoms with E-state index in [0.717, 1.165) is 50.2 Å². The lowest BCUT2D eigenvalue weighted by Crippen LogP contribution is -2.45.